The Balaban J connectivity index is 1.93. The number of thioether (sulfide) groups is 1. The highest BCUT2D eigenvalue weighted by molar-refractivity contribution is 7.99. The van der Waals surface area contributed by atoms with Crippen molar-refractivity contribution in [3.05, 3.63) is 37.3 Å². The highest BCUT2D eigenvalue weighted by Gasteiger charge is 2.01. The van der Waals surface area contributed by atoms with Crippen LogP contribution in [0.25, 0.3) is 5.52 Å². The summed E-state index contributed by atoms with van der Waals surface area (Å²) in [6, 6.07) is 1.95. The molecule has 5 heteroatoms. The first-order valence-electron chi connectivity index (χ1n) is 5.12. The molecule has 0 saturated carbocycles. The van der Waals surface area contributed by atoms with Crippen molar-refractivity contribution in [2.45, 2.75) is 0 Å². The smallest absolute Gasteiger partial charge is 0.152 e. The standard InChI is InChI=1S/C11H14N4S/c1-2-8-16-9-6-13-11-10-3-4-14-15(10)7-5-12-11/h2-5,7H,1,6,8-9H2,(H,12,13). The number of rotatable bonds is 6. The Morgan fingerprint density at radius 2 is 2.44 bits per heavy atom. The van der Waals surface area contributed by atoms with Gasteiger partial charge >= 0.3 is 0 Å². The van der Waals surface area contributed by atoms with E-state index in [0.717, 1.165) is 29.4 Å². The zero-order valence-electron chi connectivity index (χ0n) is 8.97. The summed E-state index contributed by atoms with van der Waals surface area (Å²) in [5.41, 5.74) is 1.01. The topological polar surface area (TPSA) is 42.2 Å². The number of nitrogens with zero attached hydrogens (tertiary/aromatic N) is 3. The van der Waals surface area contributed by atoms with Crippen molar-refractivity contribution in [2.75, 3.05) is 23.4 Å². The molecule has 0 spiro atoms. The Labute approximate surface area is 98.8 Å². The fourth-order valence-electron chi connectivity index (χ4n) is 1.40. The molecule has 0 aliphatic heterocycles. The average Bonchev–Trinajstić information content (AvgIpc) is 2.77. The van der Waals surface area contributed by atoms with Crippen molar-refractivity contribution in [1.29, 1.82) is 0 Å². The molecule has 0 aliphatic carbocycles. The van der Waals surface area contributed by atoms with Crippen molar-refractivity contribution in [2.24, 2.45) is 0 Å². The summed E-state index contributed by atoms with van der Waals surface area (Å²) >= 11 is 1.85. The van der Waals surface area contributed by atoms with Gasteiger partial charge in [0.05, 0.1) is 6.20 Å². The molecule has 0 unspecified atom stereocenters. The Kier molecular flexibility index (Phi) is 3.82. The molecular weight excluding hydrogens is 220 g/mol. The van der Waals surface area contributed by atoms with Crippen LogP contribution in [0, 0.1) is 0 Å². The molecule has 0 amide bonds. The van der Waals surface area contributed by atoms with Crippen molar-refractivity contribution in [3.63, 3.8) is 0 Å². The van der Waals surface area contributed by atoms with Gasteiger partial charge < -0.3 is 5.32 Å². The first-order chi connectivity index (χ1) is 7.92. The Morgan fingerprint density at radius 1 is 1.50 bits per heavy atom. The third kappa shape index (κ3) is 2.55. The highest BCUT2D eigenvalue weighted by atomic mass is 32.2. The number of nitrogens with one attached hydrogen (secondary N) is 1. The van der Waals surface area contributed by atoms with Crippen LogP contribution in [-0.2, 0) is 0 Å². The summed E-state index contributed by atoms with van der Waals surface area (Å²) in [6.45, 7) is 4.58. The van der Waals surface area contributed by atoms with Crippen LogP contribution in [0.2, 0.25) is 0 Å². The maximum absolute atomic E-state index is 4.30. The number of aromatic nitrogens is 3. The fraction of sp³-hybridized carbons (Fsp3) is 0.273. The molecular formula is C11H14N4S. The van der Waals surface area contributed by atoms with E-state index in [4.69, 9.17) is 0 Å². The largest absolute Gasteiger partial charge is 0.367 e. The maximum Gasteiger partial charge on any atom is 0.152 e. The van der Waals surface area contributed by atoms with Gasteiger partial charge in [-0.2, -0.15) is 16.9 Å². The molecule has 0 bridgehead atoms. The number of hydrogen-bond acceptors (Lipinski definition) is 4. The lowest BCUT2D eigenvalue weighted by Gasteiger charge is -2.05. The lowest BCUT2D eigenvalue weighted by Crippen LogP contribution is -2.07. The zero-order valence-corrected chi connectivity index (χ0v) is 9.78. The molecule has 1 N–H and O–H groups in total. The van der Waals surface area contributed by atoms with Crippen LogP contribution >= 0.6 is 11.8 Å². The van der Waals surface area contributed by atoms with Crippen LogP contribution < -0.4 is 5.32 Å². The van der Waals surface area contributed by atoms with Gasteiger partial charge in [-0.3, -0.25) is 0 Å². The van der Waals surface area contributed by atoms with Gasteiger partial charge in [-0.15, -0.1) is 6.58 Å². The fourth-order valence-corrected chi connectivity index (χ4v) is 1.98. The van der Waals surface area contributed by atoms with Crippen LogP contribution in [0.1, 0.15) is 0 Å². The van der Waals surface area contributed by atoms with Gasteiger partial charge in [-0.1, -0.05) is 6.08 Å². The third-order valence-corrected chi connectivity index (χ3v) is 3.06. The van der Waals surface area contributed by atoms with Gasteiger partial charge in [0.15, 0.2) is 5.82 Å². The van der Waals surface area contributed by atoms with Crippen molar-refractivity contribution >= 4 is 23.1 Å². The molecule has 2 rings (SSSR count). The lowest BCUT2D eigenvalue weighted by molar-refractivity contribution is 0.944. The van der Waals surface area contributed by atoms with E-state index in [1.165, 1.54) is 0 Å². The summed E-state index contributed by atoms with van der Waals surface area (Å²) in [7, 11) is 0. The SMILES string of the molecule is C=CCSCCNc1nccn2nccc12. The van der Waals surface area contributed by atoms with Gasteiger partial charge in [0.2, 0.25) is 0 Å². The second-order valence-electron chi connectivity index (χ2n) is 3.23. The van der Waals surface area contributed by atoms with E-state index in [9.17, 15) is 0 Å². The van der Waals surface area contributed by atoms with E-state index in [0.29, 0.717) is 0 Å². The Bertz CT molecular complexity index is 466. The number of hydrogen-bond donors (Lipinski definition) is 1. The van der Waals surface area contributed by atoms with Gasteiger partial charge in [-0.25, -0.2) is 9.50 Å². The molecule has 2 heterocycles. The van der Waals surface area contributed by atoms with Crippen molar-refractivity contribution < 1.29 is 0 Å². The van der Waals surface area contributed by atoms with E-state index >= 15 is 0 Å². The highest BCUT2D eigenvalue weighted by Crippen LogP contribution is 2.12. The second-order valence-corrected chi connectivity index (χ2v) is 4.38. The molecule has 2 aromatic rings. The van der Waals surface area contributed by atoms with E-state index in [2.05, 4.69) is 22.0 Å². The van der Waals surface area contributed by atoms with E-state index in [-0.39, 0.29) is 0 Å². The minimum absolute atomic E-state index is 0.888. The molecule has 0 saturated heterocycles. The van der Waals surface area contributed by atoms with E-state index < -0.39 is 0 Å². The number of fused-ring (bicyclic) bond motifs is 1. The summed E-state index contributed by atoms with van der Waals surface area (Å²) in [5, 5.41) is 7.46. The van der Waals surface area contributed by atoms with Gasteiger partial charge in [0, 0.05) is 30.4 Å². The second kappa shape index (κ2) is 5.55. The van der Waals surface area contributed by atoms with Crippen LogP contribution in [0.3, 0.4) is 0 Å². The first kappa shape index (κ1) is 11.0. The van der Waals surface area contributed by atoms with Gasteiger partial charge in [0.25, 0.3) is 0 Å². The third-order valence-electron chi connectivity index (χ3n) is 2.10. The number of anilines is 1. The molecule has 0 aliphatic rings. The zero-order chi connectivity index (χ0) is 11.2. The van der Waals surface area contributed by atoms with Gasteiger partial charge in [-0.05, 0) is 6.07 Å². The van der Waals surface area contributed by atoms with Crippen molar-refractivity contribution in [1.82, 2.24) is 14.6 Å². The van der Waals surface area contributed by atoms with E-state index in [1.807, 2.05) is 34.6 Å². The molecule has 0 fully saturated rings. The van der Waals surface area contributed by atoms with Crippen LogP contribution in [-0.4, -0.2) is 32.6 Å². The monoisotopic (exact) mass is 234 g/mol. The summed E-state index contributed by atoms with van der Waals surface area (Å²) in [4.78, 5) is 4.30. The molecule has 84 valence electrons. The quantitative estimate of drug-likeness (QED) is 0.613. The van der Waals surface area contributed by atoms with Crippen molar-refractivity contribution in [3.8, 4) is 0 Å². The average molecular weight is 234 g/mol. The van der Waals surface area contributed by atoms with Crippen LogP contribution in [0.15, 0.2) is 37.3 Å². The molecule has 4 nitrogen and oxygen atoms in total. The van der Waals surface area contributed by atoms with Gasteiger partial charge in [0.1, 0.15) is 5.52 Å². The normalized spacial score (nSPS) is 10.5. The summed E-state index contributed by atoms with van der Waals surface area (Å²) in [6.07, 6.45) is 7.28. The Morgan fingerprint density at radius 3 is 3.31 bits per heavy atom. The molecule has 0 radical (unpaired) electrons. The lowest BCUT2D eigenvalue weighted by atomic mass is 10.4. The minimum Gasteiger partial charge on any atom is -0.367 e. The molecule has 2 aromatic heterocycles. The molecule has 0 aromatic carbocycles. The van der Waals surface area contributed by atoms with Crippen LogP contribution in [0.4, 0.5) is 5.82 Å². The maximum atomic E-state index is 4.30. The Hall–Kier alpha value is -1.49. The summed E-state index contributed by atoms with van der Waals surface area (Å²) < 4.78 is 1.81. The predicted octanol–water partition coefficient (Wildman–Crippen LogP) is 2.06. The minimum atomic E-state index is 0.888. The first-order valence-corrected chi connectivity index (χ1v) is 6.28. The van der Waals surface area contributed by atoms with Crippen LogP contribution in [0.5, 0.6) is 0 Å². The molecule has 0 atom stereocenters. The predicted molar refractivity (Wildman–Crippen MR) is 69.0 cm³/mol. The summed E-state index contributed by atoms with van der Waals surface area (Å²) in [5.74, 6) is 2.92. The van der Waals surface area contributed by atoms with E-state index in [1.54, 1.807) is 12.4 Å². The molecule has 16 heavy (non-hydrogen) atoms.